The fourth-order valence-electron chi connectivity index (χ4n) is 5.62. The van der Waals surface area contributed by atoms with Gasteiger partial charge in [-0.05, 0) is 41.0 Å². The van der Waals surface area contributed by atoms with E-state index < -0.39 is 0 Å². The molecule has 6 nitrogen and oxygen atoms in total. The van der Waals surface area contributed by atoms with E-state index in [1.54, 1.807) is 6.33 Å². The molecule has 6 heteroatoms. The standard InChI is InChI=1S/C27H22N4O2/c1-2-8-30-20(4-1)14-31-15-27(16-33-25-11-24-18(7-9-32-24)10-22(25)27)26-21(5-3-6-23(26)31)19-12-28-17-29-13-19/h1-6,8,10-13,17H,7,9,14-16H2. The van der Waals surface area contributed by atoms with Gasteiger partial charge in [-0.2, -0.15) is 0 Å². The summed E-state index contributed by atoms with van der Waals surface area (Å²) in [5, 5.41) is 0. The minimum atomic E-state index is -0.274. The second-order valence-corrected chi connectivity index (χ2v) is 8.93. The van der Waals surface area contributed by atoms with E-state index in [1.165, 1.54) is 22.4 Å². The largest absolute Gasteiger partial charge is 0.493 e. The Balaban J connectivity index is 1.44. The number of aromatic nitrogens is 3. The summed E-state index contributed by atoms with van der Waals surface area (Å²) in [4.78, 5) is 15.6. The highest BCUT2D eigenvalue weighted by Crippen LogP contribution is 2.55. The summed E-state index contributed by atoms with van der Waals surface area (Å²) in [5.41, 5.74) is 7.98. The minimum absolute atomic E-state index is 0.274. The molecule has 1 atom stereocenters. The number of benzene rings is 2. The fourth-order valence-corrected chi connectivity index (χ4v) is 5.62. The van der Waals surface area contributed by atoms with E-state index in [1.807, 2.05) is 30.7 Å². The lowest BCUT2D eigenvalue weighted by Crippen LogP contribution is -2.36. The summed E-state index contributed by atoms with van der Waals surface area (Å²) < 4.78 is 12.2. The van der Waals surface area contributed by atoms with E-state index >= 15 is 0 Å². The van der Waals surface area contributed by atoms with Crippen LogP contribution in [0.2, 0.25) is 0 Å². The van der Waals surface area contributed by atoms with Crippen LogP contribution in [0.4, 0.5) is 5.69 Å². The second-order valence-electron chi connectivity index (χ2n) is 8.93. The molecule has 2 aromatic carbocycles. The quantitative estimate of drug-likeness (QED) is 0.482. The first-order valence-electron chi connectivity index (χ1n) is 11.3. The number of rotatable bonds is 3. The van der Waals surface area contributed by atoms with Gasteiger partial charge in [0.25, 0.3) is 0 Å². The van der Waals surface area contributed by atoms with Crippen LogP contribution in [-0.4, -0.2) is 34.7 Å². The van der Waals surface area contributed by atoms with Crippen molar-refractivity contribution in [3.63, 3.8) is 0 Å². The molecule has 7 rings (SSSR count). The predicted octanol–water partition coefficient (Wildman–Crippen LogP) is 4.17. The van der Waals surface area contributed by atoms with Gasteiger partial charge in [0.2, 0.25) is 0 Å². The Hall–Kier alpha value is -3.93. The van der Waals surface area contributed by atoms with E-state index in [2.05, 4.69) is 56.3 Å². The third-order valence-electron chi connectivity index (χ3n) is 7.05. The van der Waals surface area contributed by atoms with Gasteiger partial charge in [0.15, 0.2) is 0 Å². The number of ether oxygens (including phenoxy) is 2. The zero-order chi connectivity index (χ0) is 21.8. The Labute approximate surface area is 191 Å². The maximum Gasteiger partial charge on any atom is 0.127 e. The average Bonchev–Trinajstić information content (AvgIpc) is 3.56. The molecule has 0 bridgehead atoms. The molecule has 5 heterocycles. The Kier molecular flexibility index (Phi) is 3.97. The lowest BCUT2D eigenvalue weighted by molar-refractivity contribution is 0.297. The summed E-state index contributed by atoms with van der Waals surface area (Å²) >= 11 is 0. The highest BCUT2D eigenvalue weighted by molar-refractivity contribution is 5.82. The smallest absolute Gasteiger partial charge is 0.127 e. The maximum atomic E-state index is 6.35. The lowest BCUT2D eigenvalue weighted by atomic mass is 9.74. The summed E-state index contributed by atoms with van der Waals surface area (Å²) in [6.07, 6.45) is 8.16. The van der Waals surface area contributed by atoms with Crippen molar-refractivity contribution in [2.75, 3.05) is 24.7 Å². The molecule has 0 amide bonds. The van der Waals surface area contributed by atoms with Crippen molar-refractivity contribution in [2.24, 2.45) is 0 Å². The van der Waals surface area contributed by atoms with Gasteiger partial charge < -0.3 is 14.4 Å². The van der Waals surface area contributed by atoms with E-state index in [4.69, 9.17) is 9.47 Å². The molecular weight excluding hydrogens is 412 g/mol. The van der Waals surface area contributed by atoms with Gasteiger partial charge in [-0.25, -0.2) is 9.97 Å². The van der Waals surface area contributed by atoms with Gasteiger partial charge in [0.05, 0.1) is 24.3 Å². The van der Waals surface area contributed by atoms with Crippen LogP contribution in [0, 0.1) is 0 Å². The summed E-state index contributed by atoms with van der Waals surface area (Å²) in [6, 6.07) is 17.0. The number of pyridine rings is 1. The van der Waals surface area contributed by atoms with E-state index in [9.17, 15) is 0 Å². The normalized spacial score (nSPS) is 19.7. The van der Waals surface area contributed by atoms with Crippen molar-refractivity contribution >= 4 is 5.69 Å². The molecule has 0 fully saturated rings. The molecular formula is C27H22N4O2. The molecule has 1 unspecified atom stereocenters. The van der Waals surface area contributed by atoms with Crippen LogP contribution in [0.5, 0.6) is 11.5 Å². The summed E-state index contributed by atoms with van der Waals surface area (Å²) in [6.45, 7) is 2.91. The van der Waals surface area contributed by atoms with Crippen LogP contribution < -0.4 is 14.4 Å². The van der Waals surface area contributed by atoms with Crippen molar-refractivity contribution < 1.29 is 9.47 Å². The van der Waals surface area contributed by atoms with Gasteiger partial charge in [-0.1, -0.05) is 18.2 Å². The highest BCUT2D eigenvalue weighted by Gasteiger charge is 2.51. The zero-order valence-corrected chi connectivity index (χ0v) is 18.1. The first-order valence-corrected chi connectivity index (χ1v) is 11.3. The fraction of sp³-hybridized carbons (Fsp3) is 0.222. The van der Waals surface area contributed by atoms with Crippen molar-refractivity contribution in [1.82, 2.24) is 15.0 Å². The van der Waals surface area contributed by atoms with Gasteiger partial charge in [-0.3, -0.25) is 4.98 Å². The molecule has 3 aliphatic heterocycles. The summed E-state index contributed by atoms with van der Waals surface area (Å²) in [5.74, 6) is 1.89. The van der Waals surface area contributed by atoms with Crippen LogP contribution >= 0.6 is 0 Å². The predicted molar refractivity (Wildman–Crippen MR) is 125 cm³/mol. The maximum absolute atomic E-state index is 6.35. The Morgan fingerprint density at radius 3 is 2.79 bits per heavy atom. The van der Waals surface area contributed by atoms with Crippen LogP contribution in [-0.2, 0) is 18.4 Å². The molecule has 1 spiro atoms. The molecule has 162 valence electrons. The Morgan fingerprint density at radius 1 is 0.970 bits per heavy atom. The molecule has 2 aromatic heterocycles. The number of anilines is 1. The third kappa shape index (κ3) is 2.76. The molecule has 0 aliphatic carbocycles. The monoisotopic (exact) mass is 434 g/mol. The van der Waals surface area contributed by atoms with Crippen molar-refractivity contribution in [3.05, 3.63) is 95.8 Å². The number of fused-ring (bicyclic) bond motifs is 5. The van der Waals surface area contributed by atoms with Crippen molar-refractivity contribution in [1.29, 1.82) is 0 Å². The molecule has 0 saturated heterocycles. The van der Waals surface area contributed by atoms with Crippen molar-refractivity contribution in [2.45, 2.75) is 18.4 Å². The topological polar surface area (TPSA) is 60.4 Å². The number of nitrogens with zero attached hydrogens (tertiary/aromatic N) is 4. The summed E-state index contributed by atoms with van der Waals surface area (Å²) in [7, 11) is 0. The molecule has 0 radical (unpaired) electrons. The second kappa shape index (κ2) is 7.04. The zero-order valence-electron chi connectivity index (χ0n) is 18.1. The SMILES string of the molecule is c1ccc(CN2CC3(COc4cc5c(cc43)CCO5)c3c(-c4cncnc4)cccc32)nc1. The average molecular weight is 434 g/mol. The van der Waals surface area contributed by atoms with Crippen LogP contribution in [0.1, 0.15) is 22.4 Å². The minimum Gasteiger partial charge on any atom is -0.493 e. The van der Waals surface area contributed by atoms with Gasteiger partial charge in [0.1, 0.15) is 24.4 Å². The first-order chi connectivity index (χ1) is 16.3. The molecule has 3 aliphatic rings. The molecule has 0 N–H and O–H groups in total. The van der Waals surface area contributed by atoms with Crippen LogP contribution in [0.15, 0.2) is 73.4 Å². The highest BCUT2D eigenvalue weighted by atomic mass is 16.5. The number of hydrogen-bond donors (Lipinski definition) is 0. The Bertz CT molecular complexity index is 1360. The van der Waals surface area contributed by atoms with Crippen molar-refractivity contribution in [3.8, 4) is 22.6 Å². The number of hydrogen-bond acceptors (Lipinski definition) is 6. The van der Waals surface area contributed by atoms with Gasteiger partial charge >= 0.3 is 0 Å². The molecule has 33 heavy (non-hydrogen) atoms. The Morgan fingerprint density at radius 2 is 1.91 bits per heavy atom. The van der Waals surface area contributed by atoms with E-state index in [-0.39, 0.29) is 5.41 Å². The molecule has 4 aromatic rings. The van der Waals surface area contributed by atoms with E-state index in [0.717, 1.165) is 54.4 Å². The molecule has 0 saturated carbocycles. The lowest BCUT2D eigenvalue weighted by Gasteiger charge is -2.26. The van der Waals surface area contributed by atoms with Gasteiger partial charge in [0, 0.05) is 54.4 Å². The first kappa shape index (κ1) is 18.6. The van der Waals surface area contributed by atoms with Crippen LogP contribution in [0.3, 0.4) is 0 Å². The third-order valence-corrected chi connectivity index (χ3v) is 7.05. The van der Waals surface area contributed by atoms with Crippen LogP contribution in [0.25, 0.3) is 11.1 Å². The van der Waals surface area contributed by atoms with Gasteiger partial charge in [-0.15, -0.1) is 0 Å². The van der Waals surface area contributed by atoms with E-state index in [0.29, 0.717) is 6.61 Å².